The van der Waals surface area contributed by atoms with E-state index in [4.69, 9.17) is 20.2 Å². The Morgan fingerprint density at radius 1 is 1.04 bits per heavy atom. The molecule has 2 aromatic rings. The summed E-state index contributed by atoms with van der Waals surface area (Å²) < 4.78 is 7.83. The molecule has 0 aliphatic heterocycles. The first kappa shape index (κ1) is 20.8. The van der Waals surface area contributed by atoms with Crippen molar-refractivity contribution in [2.45, 2.75) is 18.4 Å². The summed E-state index contributed by atoms with van der Waals surface area (Å²) in [6.07, 6.45) is -2.41. The number of imidazole rings is 1. The lowest BCUT2D eigenvalue weighted by Crippen LogP contribution is -2.45. The second-order valence-electron chi connectivity index (χ2n) is 5.94. The first-order valence-electron chi connectivity index (χ1n) is 7.56. The molecule has 0 aromatic carbocycles. The topological polar surface area (TPSA) is 192 Å². The van der Waals surface area contributed by atoms with Gasteiger partial charge in [0.25, 0.3) is 5.56 Å². The van der Waals surface area contributed by atoms with E-state index in [0.29, 0.717) is 0 Å². The fraction of sp³-hybridized carbons (Fsp3) is 0.429. The molecule has 2 aromatic heterocycles. The minimum Gasteiger partial charge on any atom is -0.481 e. The van der Waals surface area contributed by atoms with Crippen molar-refractivity contribution in [1.82, 2.24) is 18.7 Å². The average molecular weight is 400 g/mol. The van der Waals surface area contributed by atoms with Gasteiger partial charge in [0, 0.05) is 21.1 Å². The number of carboxylic acids is 2. The van der Waals surface area contributed by atoms with Gasteiger partial charge in [0.05, 0.1) is 12.8 Å². The molecule has 2 rings (SSSR count). The molecule has 0 fully saturated rings. The Hall–Kier alpha value is -3.52. The molecule has 0 aliphatic carbocycles. The van der Waals surface area contributed by atoms with E-state index in [1.165, 1.54) is 21.1 Å². The second-order valence-corrected chi connectivity index (χ2v) is 5.94. The maximum atomic E-state index is 12.3. The third-order valence-corrected chi connectivity index (χ3v) is 4.07. The van der Waals surface area contributed by atoms with Gasteiger partial charge in [-0.2, -0.15) is 4.98 Å². The molecular weight excluding hydrogens is 384 g/mol. The first-order valence-corrected chi connectivity index (χ1v) is 7.56. The standard InChI is InChI=1S/C14H16N4O10/c1-16-8-9(17(2)13(25)18(3)10(8)22)15-12(16)27-7(21)5-14(28-26,11(23)24)4-6(19)20/h26H,4-5H2,1-3H3,(H,19,20)(H,23,24). The highest BCUT2D eigenvalue weighted by molar-refractivity contribution is 5.89. The quantitative estimate of drug-likeness (QED) is 0.266. The van der Waals surface area contributed by atoms with Crippen LogP contribution >= 0.6 is 0 Å². The van der Waals surface area contributed by atoms with Crippen molar-refractivity contribution in [1.29, 1.82) is 0 Å². The van der Waals surface area contributed by atoms with Gasteiger partial charge < -0.3 is 14.9 Å². The van der Waals surface area contributed by atoms with Gasteiger partial charge in [-0.15, -0.1) is 0 Å². The molecule has 0 amide bonds. The Bertz CT molecular complexity index is 1090. The molecule has 0 bridgehead atoms. The molecule has 2 heterocycles. The summed E-state index contributed by atoms with van der Waals surface area (Å²) in [6.45, 7) is 0. The number of ether oxygens (including phenoxy) is 1. The highest BCUT2D eigenvalue weighted by Gasteiger charge is 2.46. The Morgan fingerprint density at radius 2 is 1.64 bits per heavy atom. The largest absolute Gasteiger partial charge is 0.481 e. The molecule has 0 spiro atoms. The smallest absolute Gasteiger partial charge is 0.340 e. The predicted molar refractivity (Wildman–Crippen MR) is 87.8 cm³/mol. The molecule has 0 aliphatic rings. The fourth-order valence-electron chi connectivity index (χ4n) is 2.52. The summed E-state index contributed by atoms with van der Waals surface area (Å²) in [5.41, 5.74) is -4.32. The molecule has 0 saturated carbocycles. The molecule has 28 heavy (non-hydrogen) atoms. The monoisotopic (exact) mass is 400 g/mol. The molecule has 1 unspecified atom stereocenters. The van der Waals surface area contributed by atoms with Crippen molar-refractivity contribution in [2.75, 3.05) is 0 Å². The van der Waals surface area contributed by atoms with Gasteiger partial charge in [-0.25, -0.2) is 14.5 Å². The summed E-state index contributed by atoms with van der Waals surface area (Å²) in [5, 5.41) is 26.8. The Labute approximate surface area is 154 Å². The number of aromatic nitrogens is 4. The van der Waals surface area contributed by atoms with Gasteiger partial charge in [0.15, 0.2) is 11.2 Å². The summed E-state index contributed by atoms with van der Waals surface area (Å²) in [6, 6.07) is -0.453. The van der Waals surface area contributed by atoms with Crippen LogP contribution in [0.4, 0.5) is 0 Å². The number of esters is 1. The molecular formula is C14H16N4O10. The zero-order chi connectivity index (χ0) is 21.4. The van der Waals surface area contributed by atoms with Crippen LogP contribution in [0.25, 0.3) is 11.2 Å². The molecule has 3 N–H and O–H groups in total. The number of hydrogen-bond acceptors (Lipinski definition) is 9. The number of aryl methyl sites for hydroxylation is 2. The zero-order valence-corrected chi connectivity index (χ0v) is 14.9. The number of nitrogens with zero attached hydrogens (tertiary/aromatic N) is 4. The van der Waals surface area contributed by atoms with Crippen LogP contribution in [0.1, 0.15) is 12.8 Å². The van der Waals surface area contributed by atoms with Crippen molar-refractivity contribution in [3.8, 4) is 6.01 Å². The maximum Gasteiger partial charge on any atom is 0.340 e. The number of rotatable bonds is 7. The van der Waals surface area contributed by atoms with E-state index in [9.17, 15) is 24.0 Å². The van der Waals surface area contributed by atoms with Gasteiger partial charge in [-0.05, 0) is 0 Å². The SMILES string of the molecule is Cn1c(=O)c2c(nc(OC(=O)CC(CC(=O)O)(OO)C(=O)O)n2C)n(C)c1=O. The van der Waals surface area contributed by atoms with E-state index >= 15 is 0 Å². The number of carbonyl (C=O) groups excluding carboxylic acids is 1. The number of aliphatic carboxylic acids is 2. The zero-order valence-electron chi connectivity index (χ0n) is 14.9. The Balaban J connectivity index is 2.44. The Kier molecular flexibility index (Phi) is 5.38. The fourth-order valence-corrected chi connectivity index (χ4v) is 2.52. The van der Waals surface area contributed by atoms with Crippen LogP contribution in [0.3, 0.4) is 0 Å². The first-order chi connectivity index (χ1) is 12.9. The van der Waals surface area contributed by atoms with Crippen molar-refractivity contribution >= 4 is 29.1 Å². The van der Waals surface area contributed by atoms with E-state index in [1.54, 1.807) is 0 Å². The van der Waals surface area contributed by atoms with Gasteiger partial charge in [-0.3, -0.25) is 33.3 Å². The van der Waals surface area contributed by atoms with Gasteiger partial charge in [-0.1, -0.05) is 0 Å². The van der Waals surface area contributed by atoms with Crippen LogP contribution in [0.15, 0.2) is 9.59 Å². The van der Waals surface area contributed by atoms with E-state index in [-0.39, 0.29) is 11.2 Å². The van der Waals surface area contributed by atoms with Gasteiger partial charge in [0.2, 0.25) is 5.60 Å². The summed E-state index contributed by atoms with van der Waals surface area (Å²) in [7, 11) is 3.90. The lowest BCUT2D eigenvalue weighted by Gasteiger charge is -2.22. The van der Waals surface area contributed by atoms with E-state index in [2.05, 4.69) is 9.87 Å². The Morgan fingerprint density at radius 3 is 2.14 bits per heavy atom. The molecule has 14 heteroatoms. The van der Waals surface area contributed by atoms with Crippen LogP contribution in [-0.2, 0) is 40.4 Å². The summed E-state index contributed by atoms with van der Waals surface area (Å²) >= 11 is 0. The van der Waals surface area contributed by atoms with Gasteiger partial charge >= 0.3 is 29.6 Å². The number of carboxylic acid groups (broad SMARTS) is 2. The van der Waals surface area contributed by atoms with E-state index in [1.807, 2.05) is 0 Å². The van der Waals surface area contributed by atoms with Gasteiger partial charge in [0.1, 0.15) is 0 Å². The van der Waals surface area contributed by atoms with Crippen LogP contribution in [0, 0.1) is 0 Å². The van der Waals surface area contributed by atoms with Crippen LogP contribution in [0.2, 0.25) is 0 Å². The minimum atomic E-state index is -2.78. The van der Waals surface area contributed by atoms with Crippen LogP contribution in [0.5, 0.6) is 6.01 Å². The molecule has 14 nitrogen and oxygen atoms in total. The molecule has 1 atom stereocenters. The van der Waals surface area contributed by atoms with Crippen LogP contribution in [-0.4, -0.2) is 57.7 Å². The molecule has 152 valence electrons. The van der Waals surface area contributed by atoms with Crippen LogP contribution < -0.4 is 16.0 Å². The predicted octanol–water partition coefficient (Wildman–Crippen LogP) is -1.95. The van der Waals surface area contributed by atoms with Crippen molar-refractivity contribution < 1.29 is 39.5 Å². The number of fused-ring (bicyclic) bond motifs is 1. The lowest BCUT2D eigenvalue weighted by molar-refractivity contribution is -0.318. The van der Waals surface area contributed by atoms with E-state index in [0.717, 1.165) is 13.7 Å². The maximum absolute atomic E-state index is 12.3. The highest BCUT2D eigenvalue weighted by atomic mass is 17.1. The number of carbonyl (C=O) groups is 3. The molecule has 0 saturated heterocycles. The summed E-state index contributed by atoms with van der Waals surface area (Å²) in [5.74, 6) is -4.86. The minimum absolute atomic E-state index is 0.0687. The second kappa shape index (κ2) is 7.24. The van der Waals surface area contributed by atoms with Crippen molar-refractivity contribution in [3.05, 3.63) is 20.8 Å². The van der Waals surface area contributed by atoms with E-state index < -0.39 is 53.6 Å². The third-order valence-electron chi connectivity index (χ3n) is 4.07. The number of hydrogen-bond donors (Lipinski definition) is 3. The van der Waals surface area contributed by atoms with Crippen molar-refractivity contribution in [3.63, 3.8) is 0 Å². The normalized spacial score (nSPS) is 13.3. The highest BCUT2D eigenvalue weighted by Crippen LogP contribution is 2.23. The summed E-state index contributed by atoms with van der Waals surface area (Å²) in [4.78, 5) is 66.1. The lowest BCUT2D eigenvalue weighted by atomic mass is 9.96. The van der Waals surface area contributed by atoms with Crippen molar-refractivity contribution in [2.24, 2.45) is 21.1 Å². The average Bonchev–Trinajstić information content (AvgIpc) is 2.93. The third kappa shape index (κ3) is 3.37. The molecule has 0 radical (unpaired) electrons.